The highest BCUT2D eigenvalue weighted by molar-refractivity contribution is 5.95. The van der Waals surface area contributed by atoms with Crippen LogP contribution in [0.5, 0.6) is 5.75 Å². The van der Waals surface area contributed by atoms with Gasteiger partial charge in [0.1, 0.15) is 5.75 Å². The number of carbonyl (C=O) groups excluding carboxylic acids is 1. The molecule has 4 nitrogen and oxygen atoms in total. The predicted octanol–water partition coefficient (Wildman–Crippen LogP) is 3.43. The average Bonchev–Trinajstić information content (AvgIpc) is 2.67. The highest BCUT2D eigenvalue weighted by Crippen LogP contribution is 2.38. The third kappa shape index (κ3) is 3.83. The second-order valence-corrected chi connectivity index (χ2v) is 6.04. The number of hydrogen-bond acceptors (Lipinski definition) is 3. The van der Waals surface area contributed by atoms with E-state index in [4.69, 9.17) is 4.74 Å². The van der Waals surface area contributed by atoms with Crippen molar-refractivity contribution in [3.63, 3.8) is 0 Å². The maximum atomic E-state index is 13.2. The van der Waals surface area contributed by atoms with Crippen LogP contribution in [-0.2, 0) is 6.18 Å². The van der Waals surface area contributed by atoms with Gasteiger partial charge >= 0.3 is 6.18 Å². The number of alkyl halides is 3. The first-order valence-electron chi connectivity index (χ1n) is 8.26. The summed E-state index contributed by atoms with van der Waals surface area (Å²) in [4.78, 5) is 14.3. The van der Waals surface area contributed by atoms with Crippen LogP contribution in [0.1, 0.15) is 15.9 Å². The number of methoxy groups -OCH3 is 1. The summed E-state index contributed by atoms with van der Waals surface area (Å²) in [5.41, 5.74) is 0.567. The second kappa shape index (κ2) is 7.37. The minimum absolute atomic E-state index is 0.113. The van der Waals surface area contributed by atoms with E-state index in [2.05, 4.69) is 5.32 Å². The SMILES string of the molecule is COc1ccc(-c2cccc(C(=O)N3CCNCC3)c2)cc1C(F)(F)F. The molecule has 2 aromatic rings. The van der Waals surface area contributed by atoms with Gasteiger partial charge in [0.15, 0.2) is 0 Å². The number of benzene rings is 2. The van der Waals surface area contributed by atoms with E-state index in [1.54, 1.807) is 35.2 Å². The first-order valence-corrected chi connectivity index (χ1v) is 8.26. The third-order valence-electron chi connectivity index (χ3n) is 4.35. The predicted molar refractivity (Wildman–Crippen MR) is 92.2 cm³/mol. The number of hydrogen-bond donors (Lipinski definition) is 1. The number of halogens is 3. The Morgan fingerprint density at radius 1 is 1.08 bits per heavy atom. The molecule has 1 aliphatic rings. The number of nitrogens with zero attached hydrogens (tertiary/aromatic N) is 1. The first-order chi connectivity index (χ1) is 12.4. The zero-order valence-electron chi connectivity index (χ0n) is 14.3. The Balaban J connectivity index is 1.94. The van der Waals surface area contributed by atoms with E-state index < -0.39 is 11.7 Å². The number of ether oxygens (including phenoxy) is 1. The van der Waals surface area contributed by atoms with E-state index in [0.717, 1.165) is 19.2 Å². The fraction of sp³-hybridized carbons (Fsp3) is 0.316. The smallest absolute Gasteiger partial charge is 0.419 e. The molecule has 1 N–H and O–H groups in total. The molecule has 0 radical (unpaired) electrons. The lowest BCUT2D eigenvalue weighted by Crippen LogP contribution is -2.46. The molecule has 0 aromatic heterocycles. The lowest BCUT2D eigenvalue weighted by molar-refractivity contribution is -0.138. The third-order valence-corrected chi connectivity index (χ3v) is 4.35. The number of nitrogens with one attached hydrogen (secondary N) is 1. The van der Waals surface area contributed by atoms with E-state index in [9.17, 15) is 18.0 Å². The summed E-state index contributed by atoms with van der Waals surface area (Å²) in [5, 5.41) is 3.18. The van der Waals surface area contributed by atoms with Crippen molar-refractivity contribution in [3.8, 4) is 16.9 Å². The zero-order valence-corrected chi connectivity index (χ0v) is 14.3. The van der Waals surface area contributed by atoms with Crippen LogP contribution in [-0.4, -0.2) is 44.1 Å². The summed E-state index contributed by atoms with van der Waals surface area (Å²) < 4.78 is 44.5. The highest BCUT2D eigenvalue weighted by Gasteiger charge is 2.34. The van der Waals surface area contributed by atoms with Gasteiger partial charge in [0.2, 0.25) is 0 Å². The molecule has 0 unspecified atom stereocenters. The Bertz CT molecular complexity index is 800. The van der Waals surface area contributed by atoms with Crippen LogP contribution in [0.15, 0.2) is 42.5 Å². The van der Waals surface area contributed by atoms with Gasteiger partial charge in [-0.2, -0.15) is 13.2 Å². The molecule has 138 valence electrons. The number of amides is 1. The van der Waals surface area contributed by atoms with Crippen molar-refractivity contribution in [2.75, 3.05) is 33.3 Å². The van der Waals surface area contributed by atoms with Crippen molar-refractivity contribution >= 4 is 5.91 Å². The first kappa shape index (κ1) is 18.3. The van der Waals surface area contributed by atoms with Crippen molar-refractivity contribution in [3.05, 3.63) is 53.6 Å². The van der Waals surface area contributed by atoms with Crippen molar-refractivity contribution in [1.82, 2.24) is 10.2 Å². The topological polar surface area (TPSA) is 41.6 Å². The van der Waals surface area contributed by atoms with Crippen LogP contribution in [0, 0.1) is 0 Å². The lowest BCUT2D eigenvalue weighted by Gasteiger charge is -2.27. The molecular weight excluding hydrogens is 345 g/mol. The van der Waals surface area contributed by atoms with Crippen LogP contribution in [0.4, 0.5) is 13.2 Å². The van der Waals surface area contributed by atoms with Crippen LogP contribution in [0.3, 0.4) is 0 Å². The molecule has 1 aliphatic heterocycles. The summed E-state index contributed by atoms with van der Waals surface area (Å²) in [6.45, 7) is 2.70. The van der Waals surface area contributed by atoms with Crippen molar-refractivity contribution in [2.45, 2.75) is 6.18 Å². The van der Waals surface area contributed by atoms with Gasteiger partial charge in [0.05, 0.1) is 12.7 Å². The summed E-state index contributed by atoms with van der Waals surface area (Å²) >= 11 is 0. The summed E-state index contributed by atoms with van der Waals surface area (Å²) in [5.74, 6) is -0.341. The molecule has 0 spiro atoms. The minimum atomic E-state index is -4.52. The van der Waals surface area contributed by atoms with E-state index >= 15 is 0 Å². The van der Waals surface area contributed by atoms with Gasteiger partial charge in [-0.25, -0.2) is 0 Å². The Morgan fingerprint density at radius 3 is 2.42 bits per heavy atom. The standard InChI is InChI=1S/C19H19F3N2O2/c1-26-17-6-5-14(12-16(17)19(20,21)22)13-3-2-4-15(11-13)18(25)24-9-7-23-8-10-24/h2-6,11-12,23H,7-10H2,1H3. The molecule has 1 saturated heterocycles. The van der Waals surface area contributed by atoms with E-state index in [1.807, 2.05) is 0 Å². The molecule has 1 heterocycles. The van der Waals surface area contributed by atoms with Gasteiger partial charge in [-0.1, -0.05) is 18.2 Å². The van der Waals surface area contributed by atoms with Gasteiger partial charge in [-0.05, 0) is 35.4 Å². The number of piperazine rings is 1. The number of carbonyl (C=O) groups is 1. The Kier molecular flexibility index (Phi) is 5.18. The maximum absolute atomic E-state index is 13.2. The quantitative estimate of drug-likeness (QED) is 0.907. The van der Waals surface area contributed by atoms with Crippen LogP contribution >= 0.6 is 0 Å². The van der Waals surface area contributed by atoms with Crippen molar-refractivity contribution < 1.29 is 22.7 Å². The highest BCUT2D eigenvalue weighted by atomic mass is 19.4. The van der Waals surface area contributed by atoms with Gasteiger partial charge in [-0.15, -0.1) is 0 Å². The molecule has 3 rings (SSSR count). The lowest BCUT2D eigenvalue weighted by atomic mass is 9.99. The fourth-order valence-electron chi connectivity index (χ4n) is 2.99. The molecule has 0 saturated carbocycles. The Morgan fingerprint density at radius 2 is 1.77 bits per heavy atom. The van der Waals surface area contributed by atoms with Gasteiger partial charge in [0, 0.05) is 31.7 Å². The second-order valence-electron chi connectivity index (χ2n) is 6.04. The summed E-state index contributed by atoms with van der Waals surface area (Å²) in [6.07, 6.45) is -4.52. The molecule has 0 atom stereocenters. The summed E-state index contributed by atoms with van der Waals surface area (Å²) in [7, 11) is 1.21. The van der Waals surface area contributed by atoms with Gasteiger partial charge in [0.25, 0.3) is 5.91 Å². The maximum Gasteiger partial charge on any atom is 0.419 e. The molecular formula is C19H19F3N2O2. The normalized spacial score (nSPS) is 15.0. The monoisotopic (exact) mass is 364 g/mol. The Labute approximate surface area is 149 Å². The van der Waals surface area contributed by atoms with Gasteiger partial charge in [-0.3, -0.25) is 4.79 Å². The summed E-state index contributed by atoms with van der Waals surface area (Å²) in [6, 6.07) is 10.6. The minimum Gasteiger partial charge on any atom is -0.496 e. The average molecular weight is 364 g/mol. The largest absolute Gasteiger partial charge is 0.496 e. The zero-order chi connectivity index (χ0) is 18.7. The van der Waals surface area contributed by atoms with Crippen LogP contribution < -0.4 is 10.1 Å². The van der Waals surface area contributed by atoms with Crippen molar-refractivity contribution in [2.24, 2.45) is 0 Å². The van der Waals surface area contributed by atoms with Crippen LogP contribution in [0.2, 0.25) is 0 Å². The van der Waals surface area contributed by atoms with E-state index in [0.29, 0.717) is 29.8 Å². The Hall–Kier alpha value is -2.54. The molecule has 2 aromatic carbocycles. The number of rotatable bonds is 3. The van der Waals surface area contributed by atoms with Crippen molar-refractivity contribution in [1.29, 1.82) is 0 Å². The molecule has 26 heavy (non-hydrogen) atoms. The molecule has 1 amide bonds. The van der Waals surface area contributed by atoms with Gasteiger partial charge < -0.3 is 15.0 Å². The fourth-order valence-corrected chi connectivity index (χ4v) is 2.99. The molecule has 0 aliphatic carbocycles. The van der Waals surface area contributed by atoms with Crippen LogP contribution in [0.25, 0.3) is 11.1 Å². The molecule has 1 fully saturated rings. The van der Waals surface area contributed by atoms with E-state index in [1.165, 1.54) is 13.2 Å². The molecule has 0 bridgehead atoms. The van der Waals surface area contributed by atoms with E-state index in [-0.39, 0.29) is 11.7 Å². The molecule has 7 heteroatoms.